The van der Waals surface area contributed by atoms with Gasteiger partial charge in [-0.25, -0.2) is 0 Å². The topological polar surface area (TPSA) is 64.6 Å². The predicted octanol–water partition coefficient (Wildman–Crippen LogP) is -0.689. The van der Waals surface area contributed by atoms with Crippen LogP contribution in [0.1, 0.15) is 25.7 Å². The molecular formula is C12H23N3O2. The van der Waals surface area contributed by atoms with Crippen LogP contribution < -0.4 is 10.6 Å². The molecule has 0 saturated carbocycles. The summed E-state index contributed by atoms with van der Waals surface area (Å²) >= 11 is 0. The molecule has 0 spiro atoms. The minimum Gasteiger partial charge on any atom is -0.390 e. The first-order chi connectivity index (χ1) is 8.25. The fraction of sp³-hybridized carbons (Fsp3) is 0.917. The van der Waals surface area contributed by atoms with Gasteiger partial charge in [-0.3, -0.25) is 4.79 Å². The van der Waals surface area contributed by atoms with Gasteiger partial charge in [0.15, 0.2) is 0 Å². The molecule has 1 unspecified atom stereocenters. The van der Waals surface area contributed by atoms with Gasteiger partial charge in [-0.15, -0.1) is 0 Å². The number of nitrogens with one attached hydrogen (secondary N) is 2. The number of likely N-dealkylation sites (tertiary alicyclic amines) is 1. The van der Waals surface area contributed by atoms with Crippen molar-refractivity contribution in [1.82, 2.24) is 15.5 Å². The van der Waals surface area contributed by atoms with Crippen molar-refractivity contribution in [3.05, 3.63) is 0 Å². The van der Waals surface area contributed by atoms with Crippen LogP contribution in [0.25, 0.3) is 0 Å². The molecule has 17 heavy (non-hydrogen) atoms. The zero-order valence-electron chi connectivity index (χ0n) is 10.3. The van der Waals surface area contributed by atoms with E-state index >= 15 is 0 Å². The summed E-state index contributed by atoms with van der Waals surface area (Å²) in [5.74, 6) is 0.0737. The Kier molecular flexibility index (Phi) is 4.76. The number of carbonyl (C=O) groups is 1. The van der Waals surface area contributed by atoms with Gasteiger partial charge in [0.1, 0.15) is 0 Å². The smallest absolute Gasteiger partial charge is 0.237 e. The molecule has 2 heterocycles. The monoisotopic (exact) mass is 241 g/mol. The molecule has 0 radical (unpaired) electrons. The first kappa shape index (κ1) is 12.8. The van der Waals surface area contributed by atoms with Crippen LogP contribution >= 0.6 is 0 Å². The number of piperidine rings is 1. The van der Waals surface area contributed by atoms with Crippen LogP contribution in [0.4, 0.5) is 0 Å². The van der Waals surface area contributed by atoms with E-state index in [1.165, 1.54) is 12.8 Å². The lowest BCUT2D eigenvalue weighted by Gasteiger charge is -2.25. The average molecular weight is 241 g/mol. The molecule has 0 bridgehead atoms. The second-order valence-electron chi connectivity index (χ2n) is 5.06. The number of carbonyl (C=O) groups excluding carboxylic acids is 1. The summed E-state index contributed by atoms with van der Waals surface area (Å²) in [4.78, 5) is 13.8. The number of hydrogen-bond acceptors (Lipinski definition) is 4. The van der Waals surface area contributed by atoms with Crippen LogP contribution in [-0.2, 0) is 4.79 Å². The molecule has 0 aromatic rings. The van der Waals surface area contributed by atoms with Gasteiger partial charge in [0, 0.05) is 19.6 Å². The lowest BCUT2D eigenvalue weighted by Crippen LogP contribution is -2.51. The van der Waals surface area contributed by atoms with Crippen molar-refractivity contribution in [2.24, 2.45) is 0 Å². The summed E-state index contributed by atoms with van der Waals surface area (Å²) in [6.07, 6.45) is 4.01. The number of aliphatic hydroxyl groups excluding tert-OH is 1. The van der Waals surface area contributed by atoms with Crippen LogP contribution in [0.5, 0.6) is 0 Å². The first-order valence-electron chi connectivity index (χ1n) is 6.67. The van der Waals surface area contributed by atoms with Crippen LogP contribution in [0.15, 0.2) is 0 Å². The number of hydrogen-bond donors (Lipinski definition) is 3. The summed E-state index contributed by atoms with van der Waals surface area (Å²) < 4.78 is 0. The van der Waals surface area contributed by atoms with E-state index in [9.17, 15) is 9.90 Å². The Morgan fingerprint density at radius 1 is 1.41 bits per heavy atom. The zero-order valence-corrected chi connectivity index (χ0v) is 10.3. The first-order valence-corrected chi connectivity index (χ1v) is 6.67. The third kappa shape index (κ3) is 3.94. The molecular weight excluding hydrogens is 218 g/mol. The largest absolute Gasteiger partial charge is 0.390 e. The van der Waals surface area contributed by atoms with Crippen molar-refractivity contribution in [1.29, 1.82) is 0 Å². The number of nitrogens with zero attached hydrogens (tertiary/aromatic N) is 1. The molecule has 2 fully saturated rings. The Bertz CT molecular complexity index is 254. The number of β-amino-alcohol motifs (C(OH)–C–C–N with tert-alkyl or cyclic N) is 1. The Balaban J connectivity index is 1.64. The highest BCUT2D eigenvalue weighted by molar-refractivity contribution is 5.82. The van der Waals surface area contributed by atoms with Gasteiger partial charge in [-0.2, -0.15) is 0 Å². The van der Waals surface area contributed by atoms with Gasteiger partial charge >= 0.3 is 0 Å². The molecule has 2 rings (SSSR count). The van der Waals surface area contributed by atoms with Crippen LogP contribution in [0.3, 0.4) is 0 Å². The van der Waals surface area contributed by atoms with E-state index in [0.717, 1.165) is 39.0 Å². The Morgan fingerprint density at radius 2 is 2.18 bits per heavy atom. The van der Waals surface area contributed by atoms with Crippen molar-refractivity contribution in [3.8, 4) is 0 Å². The molecule has 1 amide bonds. The van der Waals surface area contributed by atoms with E-state index < -0.39 is 0 Å². The number of rotatable bonds is 5. The highest BCUT2D eigenvalue weighted by atomic mass is 16.3. The molecule has 2 atom stereocenters. The molecule has 3 N–H and O–H groups in total. The predicted molar refractivity (Wildman–Crippen MR) is 65.7 cm³/mol. The Morgan fingerprint density at radius 3 is 2.88 bits per heavy atom. The van der Waals surface area contributed by atoms with Crippen molar-refractivity contribution in [2.75, 3.05) is 32.7 Å². The SMILES string of the molecule is O=C1NCCC[C@@H]1NCC(O)CN1CCCC1. The van der Waals surface area contributed by atoms with Gasteiger partial charge in [0.2, 0.25) is 5.91 Å². The highest BCUT2D eigenvalue weighted by Crippen LogP contribution is 2.08. The van der Waals surface area contributed by atoms with Gasteiger partial charge in [0.05, 0.1) is 12.1 Å². The summed E-state index contributed by atoms with van der Waals surface area (Å²) in [6, 6.07) is -0.114. The Hall–Kier alpha value is -0.650. The fourth-order valence-electron chi connectivity index (χ4n) is 2.57. The van der Waals surface area contributed by atoms with Crippen LogP contribution in [0, 0.1) is 0 Å². The van der Waals surface area contributed by atoms with E-state index in [-0.39, 0.29) is 18.1 Å². The standard InChI is InChI=1S/C12H23N3O2/c16-10(9-15-6-1-2-7-15)8-14-11-4-3-5-13-12(11)17/h10-11,14,16H,1-9H2,(H,13,17)/t10?,11-/m0/s1. The van der Waals surface area contributed by atoms with Crippen molar-refractivity contribution in [3.63, 3.8) is 0 Å². The molecule has 0 aromatic carbocycles. The summed E-state index contributed by atoms with van der Waals surface area (Å²) in [7, 11) is 0. The second-order valence-corrected chi connectivity index (χ2v) is 5.06. The Labute approximate surface area is 103 Å². The average Bonchev–Trinajstić information content (AvgIpc) is 2.81. The normalized spacial score (nSPS) is 28.1. The number of aliphatic hydroxyl groups is 1. The molecule has 0 aromatic heterocycles. The summed E-state index contributed by atoms with van der Waals surface area (Å²) in [5, 5.41) is 15.9. The van der Waals surface area contributed by atoms with Gasteiger partial charge in [0.25, 0.3) is 0 Å². The maximum Gasteiger partial charge on any atom is 0.237 e. The van der Waals surface area contributed by atoms with E-state index in [4.69, 9.17) is 0 Å². The lowest BCUT2D eigenvalue weighted by atomic mass is 10.1. The molecule has 2 aliphatic heterocycles. The maximum absolute atomic E-state index is 11.5. The van der Waals surface area contributed by atoms with Gasteiger partial charge < -0.3 is 20.6 Å². The van der Waals surface area contributed by atoms with Crippen molar-refractivity contribution >= 4 is 5.91 Å². The molecule has 98 valence electrons. The van der Waals surface area contributed by atoms with Gasteiger partial charge in [-0.1, -0.05) is 0 Å². The lowest BCUT2D eigenvalue weighted by molar-refractivity contribution is -0.124. The summed E-state index contributed by atoms with van der Waals surface area (Å²) in [6.45, 7) is 4.21. The summed E-state index contributed by atoms with van der Waals surface area (Å²) in [5.41, 5.74) is 0. The quantitative estimate of drug-likeness (QED) is 0.596. The van der Waals surface area contributed by atoms with Crippen LogP contribution in [0.2, 0.25) is 0 Å². The van der Waals surface area contributed by atoms with E-state index in [1.807, 2.05) is 0 Å². The molecule has 5 nitrogen and oxygen atoms in total. The van der Waals surface area contributed by atoms with E-state index in [2.05, 4.69) is 15.5 Å². The van der Waals surface area contributed by atoms with Crippen molar-refractivity contribution < 1.29 is 9.90 Å². The maximum atomic E-state index is 11.5. The molecule has 2 aliphatic rings. The third-order valence-electron chi connectivity index (χ3n) is 3.55. The number of amides is 1. The molecule has 5 heteroatoms. The molecule has 0 aliphatic carbocycles. The zero-order chi connectivity index (χ0) is 12.1. The second kappa shape index (κ2) is 6.33. The highest BCUT2D eigenvalue weighted by Gasteiger charge is 2.22. The van der Waals surface area contributed by atoms with E-state index in [1.54, 1.807) is 0 Å². The van der Waals surface area contributed by atoms with Gasteiger partial charge in [-0.05, 0) is 38.8 Å². The molecule has 2 saturated heterocycles. The van der Waals surface area contributed by atoms with Crippen LogP contribution in [-0.4, -0.2) is 60.8 Å². The fourth-order valence-corrected chi connectivity index (χ4v) is 2.57. The van der Waals surface area contributed by atoms with Crippen molar-refractivity contribution in [2.45, 2.75) is 37.8 Å². The minimum absolute atomic E-state index is 0.0737. The minimum atomic E-state index is -0.372. The third-order valence-corrected chi connectivity index (χ3v) is 3.55. The van der Waals surface area contributed by atoms with E-state index in [0.29, 0.717) is 6.54 Å².